The highest BCUT2D eigenvalue weighted by Gasteiger charge is 2.34. The molecule has 1 aromatic carbocycles. The van der Waals surface area contributed by atoms with Crippen LogP contribution in [0.25, 0.3) is 0 Å². The lowest BCUT2D eigenvalue weighted by Gasteiger charge is -2.31. The van der Waals surface area contributed by atoms with Crippen molar-refractivity contribution in [2.45, 2.75) is 17.7 Å². The number of nitrogens with zero attached hydrogens (tertiary/aromatic N) is 1. The van der Waals surface area contributed by atoms with Crippen LogP contribution >= 0.6 is 23.2 Å². The Morgan fingerprint density at radius 2 is 2.10 bits per heavy atom. The average molecular weight is 352 g/mol. The van der Waals surface area contributed by atoms with Crippen molar-refractivity contribution in [3.05, 3.63) is 28.2 Å². The van der Waals surface area contributed by atoms with Gasteiger partial charge in [-0.3, -0.25) is 10.2 Å². The maximum Gasteiger partial charge on any atom is 0.244 e. The summed E-state index contributed by atoms with van der Waals surface area (Å²) in [5.74, 6) is 4.28. The number of benzene rings is 1. The molecule has 3 N–H and O–H groups in total. The summed E-state index contributed by atoms with van der Waals surface area (Å²) in [6, 6.07) is 4.26. The van der Waals surface area contributed by atoms with Crippen LogP contribution in [0.1, 0.15) is 12.8 Å². The number of nitrogens with two attached hydrogens (primary N) is 1. The van der Waals surface area contributed by atoms with Gasteiger partial charge >= 0.3 is 0 Å². The second kappa shape index (κ2) is 6.50. The first kappa shape index (κ1) is 16.5. The first-order valence-corrected chi connectivity index (χ1v) is 8.51. The van der Waals surface area contributed by atoms with Gasteiger partial charge in [-0.25, -0.2) is 14.3 Å². The molecule has 9 heteroatoms. The lowest BCUT2D eigenvalue weighted by atomic mass is 9.99. The van der Waals surface area contributed by atoms with E-state index in [1.54, 1.807) is 0 Å². The standard InChI is InChI=1S/C12H15Cl2N3O3S/c13-9-3-4-10(14)11(6-9)21(19,20)17-5-1-2-8(7-17)12(18)16-15/h3-4,6,8H,1-2,5,7,15H2,(H,16,18)/t8-/m1/s1. The second-order valence-corrected chi connectivity index (χ2v) is 7.54. The van der Waals surface area contributed by atoms with Crippen molar-refractivity contribution in [1.29, 1.82) is 0 Å². The number of hydrazine groups is 1. The fraction of sp³-hybridized carbons (Fsp3) is 0.417. The van der Waals surface area contributed by atoms with Gasteiger partial charge in [-0.1, -0.05) is 23.2 Å². The minimum Gasteiger partial charge on any atom is -0.294 e. The zero-order chi connectivity index (χ0) is 15.6. The maximum absolute atomic E-state index is 12.6. The summed E-state index contributed by atoms with van der Waals surface area (Å²) < 4.78 is 26.5. The summed E-state index contributed by atoms with van der Waals surface area (Å²) in [7, 11) is -3.79. The van der Waals surface area contributed by atoms with E-state index in [2.05, 4.69) is 5.43 Å². The summed E-state index contributed by atoms with van der Waals surface area (Å²) in [5.41, 5.74) is 2.06. The number of carbonyl (C=O) groups excluding carboxylic acids is 1. The molecule has 21 heavy (non-hydrogen) atoms. The van der Waals surface area contributed by atoms with E-state index in [9.17, 15) is 13.2 Å². The van der Waals surface area contributed by atoms with Gasteiger partial charge in [-0.05, 0) is 31.0 Å². The zero-order valence-electron chi connectivity index (χ0n) is 11.1. The van der Waals surface area contributed by atoms with Crippen molar-refractivity contribution in [2.75, 3.05) is 13.1 Å². The third-order valence-electron chi connectivity index (χ3n) is 3.41. The van der Waals surface area contributed by atoms with Gasteiger partial charge in [0.15, 0.2) is 0 Å². The molecule has 0 aliphatic carbocycles. The summed E-state index contributed by atoms with van der Waals surface area (Å²) >= 11 is 11.8. The molecule has 1 heterocycles. The molecule has 1 aliphatic rings. The summed E-state index contributed by atoms with van der Waals surface area (Å²) in [5, 5.41) is 0.385. The highest BCUT2D eigenvalue weighted by atomic mass is 35.5. The van der Waals surface area contributed by atoms with Crippen molar-refractivity contribution < 1.29 is 13.2 Å². The third-order valence-corrected chi connectivity index (χ3v) is 5.99. The number of halogens is 2. The normalized spacial score (nSPS) is 20.2. The first-order valence-electron chi connectivity index (χ1n) is 6.32. The highest BCUT2D eigenvalue weighted by molar-refractivity contribution is 7.89. The van der Waals surface area contributed by atoms with Gasteiger partial charge in [0.1, 0.15) is 4.90 Å². The topological polar surface area (TPSA) is 92.5 Å². The third kappa shape index (κ3) is 3.49. The van der Waals surface area contributed by atoms with Crippen LogP contribution in [0.15, 0.2) is 23.1 Å². The van der Waals surface area contributed by atoms with E-state index < -0.39 is 15.9 Å². The van der Waals surface area contributed by atoms with Gasteiger partial charge in [-0.2, -0.15) is 4.31 Å². The van der Waals surface area contributed by atoms with E-state index in [1.807, 2.05) is 0 Å². The quantitative estimate of drug-likeness (QED) is 0.488. The lowest BCUT2D eigenvalue weighted by molar-refractivity contribution is -0.126. The van der Waals surface area contributed by atoms with E-state index in [0.717, 1.165) is 0 Å². The van der Waals surface area contributed by atoms with Crippen LogP contribution in [0.5, 0.6) is 0 Å². The van der Waals surface area contributed by atoms with Gasteiger partial charge in [0, 0.05) is 18.1 Å². The predicted molar refractivity (Wildman–Crippen MR) is 80.3 cm³/mol. The highest BCUT2D eigenvalue weighted by Crippen LogP contribution is 2.30. The Balaban J connectivity index is 2.31. The molecule has 1 aliphatic heterocycles. The van der Waals surface area contributed by atoms with Gasteiger partial charge in [-0.15, -0.1) is 0 Å². The van der Waals surface area contributed by atoms with Crippen molar-refractivity contribution in [2.24, 2.45) is 11.8 Å². The number of nitrogens with one attached hydrogen (secondary N) is 1. The summed E-state index contributed by atoms with van der Waals surface area (Å²) in [4.78, 5) is 11.5. The van der Waals surface area contributed by atoms with Crippen LogP contribution in [0.3, 0.4) is 0 Å². The fourth-order valence-electron chi connectivity index (χ4n) is 2.31. The molecule has 116 valence electrons. The van der Waals surface area contributed by atoms with Crippen LogP contribution in [0, 0.1) is 5.92 Å². The van der Waals surface area contributed by atoms with Gasteiger partial charge in [0.25, 0.3) is 0 Å². The molecular weight excluding hydrogens is 337 g/mol. The molecule has 0 radical (unpaired) electrons. The predicted octanol–water partition coefficient (Wildman–Crippen LogP) is 1.38. The zero-order valence-corrected chi connectivity index (χ0v) is 13.4. The number of carbonyl (C=O) groups is 1. The molecule has 1 aromatic rings. The molecule has 1 fully saturated rings. The van der Waals surface area contributed by atoms with Crippen molar-refractivity contribution in [3.63, 3.8) is 0 Å². The molecule has 1 saturated heterocycles. The van der Waals surface area contributed by atoms with Crippen LogP contribution in [-0.2, 0) is 14.8 Å². The number of sulfonamides is 1. The number of rotatable bonds is 3. The minimum absolute atomic E-state index is 0.0505. The lowest BCUT2D eigenvalue weighted by Crippen LogP contribution is -2.46. The second-order valence-electron chi connectivity index (χ2n) is 4.79. The molecule has 0 bridgehead atoms. The minimum atomic E-state index is -3.79. The maximum atomic E-state index is 12.6. The first-order chi connectivity index (χ1) is 9.86. The fourth-order valence-corrected chi connectivity index (χ4v) is 4.57. The van der Waals surface area contributed by atoms with Crippen LogP contribution in [0.2, 0.25) is 10.0 Å². The largest absolute Gasteiger partial charge is 0.294 e. The SMILES string of the molecule is NNC(=O)[C@@H]1CCCN(S(=O)(=O)c2cc(Cl)ccc2Cl)C1. The molecule has 1 amide bonds. The molecular formula is C12H15Cl2N3O3S. The Morgan fingerprint density at radius 3 is 2.76 bits per heavy atom. The monoisotopic (exact) mass is 351 g/mol. The Kier molecular flexibility index (Phi) is 5.11. The van der Waals surface area contributed by atoms with E-state index in [4.69, 9.17) is 29.0 Å². The van der Waals surface area contributed by atoms with Crippen molar-refractivity contribution >= 4 is 39.1 Å². The van der Waals surface area contributed by atoms with E-state index >= 15 is 0 Å². The van der Waals surface area contributed by atoms with Gasteiger partial charge in [0.2, 0.25) is 15.9 Å². The molecule has 0 aromatic heterocycles. The Bertz CT molecular complexity index is 651. The van der Waals surface area contributed by atoms with Crippen molar-refractivity contribution in [1.82, 2.24) is 9.73 Å². The van der Waals surface area contributed by atoms with Crippen LogP contribution in [-0.4, -0.2) is 31.7 Å². The molecule has 0 spiro atoms. The molecule has 2 rings (SSSR count). The number of piperidine rings is 1. The van der Waals surface area contributed by atoms with Crippen molar-refractivity contribution in [3.8, 4) is 0 Å². The van der Waals surface area contributed by atoms with E-state index in [1.165, 1.54) is 22.5 Å². The summed E-state index contributed by atoms with van der Waals surface area (Å²) in [6.07, 6.45) is 1.17. The number of amides is 1. The molecule has 1 atom stereocenters. The average Bonchev–Trinajstić information content (AvgIpc) is 2.49. The van der Waals surface area contributed by atoms with Gasteiger partial charge in [0.05, 0.1) is 10.9 Å². The Labute approximate surface area is 133 Å². The van der Waals surface area contributed by atoms with E-state index in [-0.39, 0.29) is 27.4 Å². The summed E-state index contributed by atoms with van der Waals surface area (Å²) in [6.45, 7) is 0.410. The Morgan fingerprint density at radius 1 is 1.38 bits per heavy atom. The van der Waals surface area contributed by atoms with Crippen LogP contribution in [0.4, 0.5) is 0 Å². The van der Waals surface area contributed by atoms with E-state index in [0.29, 0.717) is 19.4 Å². The van der Waals surface area contributed by atoms with Gasteiger partial charge < -0.3 is 0 Å². The number of hydrogen-bond donors (Lipinski definition) is 2. The molecule has 0 saturated carbocycles. The molecule has 0 unspecified atom stereocenters. The Hall–Kier alpha value is -0.860. The smallest absolute Gasteiger partial charge is 0.244 e. The molecule has 6 nitrogen and oxygen atoms in total. The number of hydrogen-bond acceptors (Lipinski definition) is 4. The van der Waals surface area contributed by atoms with Crippen LogP contribution < -0.4 is 11.3 Å².